The van der Waals surface area contributed by atoms with Gasteiger partial charge in [-0.3, -0.25) is 4.79 Å². The highest BCUT2D eigenvalue weighted by Crippen LogP contribution is 2.26. The summed E-state index contributed by atoms with van der Waals surface area (Å²) in [4.78, 5) is 14.3. The number of rotatable bonds is 4. The lowest BCUT2D eigenvalue weighted by molar-refractivity contribution is -0.136. The number of amidine groups is 1. The number of piperidine rings is 1. The smallest absolute Gasteiger partial charge is 0.233 e. The summed E-state index contributed by atoms with van der Waals surface area (Å²) in [5.74, 6) is 0.901. The zero-order valence-electron chi connectivity index (χ0n) is 12.5. The van der Waals surface area contributed by atoms with Crippen LogP contribution in [0.2, 0.25) is 0 Å². The minimum absolute atomic E-state index is 0.00694. The molecule has 0 saturated carbocycles. The molecule has 1 amide bonds. The molecule has 1 aliphatic rings. The Labute approximate surface area is 115 Å². The van der Waals surface area contributed by atoms with Crippen LogP contribution in [0, 0.1) is 23.7 Å². The van der Waals surface area contributed by atoms with E-state index in [1.54, 1.807) is 0 Å². The number of likely N-dealkylation sites (tertiary alicyclic amines) is 1. The highest BCUT2D eigenvalue weighted by Gasteiger charge is 2.33. The lowest BCUT2D eigenvalue weighted by atomic mass is 9.85. The lowest BCUT2D eigenvalue weighted by Gasteiger charge is -2.36. The van der Waals surface area contributed by atoms with Crippen molar-refractivity contribution in [1.82, 2.24) is 4.90 Å². The number of nitrogens with zero attached hydrogens (tertiary/aromatic N) is 2. The van der Waals surface area contributed by atoms with Gasteiger partial charge in [0.15, 0.2) is 5.84 Å². The van der Waals surface area contributed by atoms with Gasteiger partial charge in [0.05, 0.1) is 0 Å². The first-order chi connectivity index (χ1) is 8.88. The third-order valence-corrected chi connectivity index (χ3v) is 4.16. The molecule has 0 bridgehead atoms. The third kappa shape index (κ3) is 3.85. The summed E-state index contributed by atoms with van der Waals surface area (Å²) < 4.78 is 0. The summed E-state index contributed by atoms with van der Waals surface area (Å²) in [7, 11) is 0. The Morgan fingerprint density at radius 3 is 2.16 bits per heavy atom. The molecule has 19 heavy (non-hydrogen) atoms. The quantitative estimate of drug-likeness (QED) is 0.354. The van der Waals surface area contributed by atoms with Crippen molar-refractivity contribution in [3.05, 3.63) is 0 Å². The van der Waals surface area contributed by atoms with Crippen LogP contribution in [0.3, 0.4) is 0 Å². The second-order valence-corrected chi connectivity index (χ2v) is 6.15. The summed E-state index contributed by atoms with van der Waals surface area (Å²) in [6, 6.07) is 0. The highest BCUT2D eigenvalue weighted by atomic mass is 16.4. The van der Waals surface area contributed by atoms with Crippen LogP contribution in [-0.2, 0) is 4.79 Å². The Morgan fingerprint density at radius 1 is 1.26 bits per heavy atom. The van der Waals surface area contributed by atoms with Crippen molar-refractivity contribution in [2.75, 3.05) is 13.1 Å². The molecule has 1 aliphatic heterocycles. The molecule has 5 nitrogen and oxygen atoms in total. The molecule has 1 fully saturated rings. The van der Waals surface area contributed by atoms with Crippen molar-refractivity contribution < 1.29 is 10.0 Å². The number of nitrogens with two attached hydrogens (primary N) is 1. The van der Waals surface area contributed by atoms with Gasteiger partial charge >= 0.3 is 0 Å². The molecule has 0 spiro atoms. The van der Waals surface area contributed by atoms with Crippen molar-refractivity contribution in [3.63, 3.8) is 0 Å². The Balaban J connectivity index is 2.68. The van der Waals surface area contributed by atoms with Gasteiger partial charge in [-0.2, -0.15) is 0 Å². The largest absolute Gasteiger partial charge is 0.409 e. The molecule has 0 aromatic rings. The molecule has 1 rings (SSSR count). The SMILES string of the molecule is CC(C)C1CCN(C(=O)C(C(N)=NO)C(C)C)CC1. The highest BCUT2D eigenvalue weighted by molar-refractivity contribution is 6.02. The van der Waals surface area contributed by atoms with Gasteiger partial charge in [0, 0.05) is 13.1 Å². The lowest BCUT2D eigenvalue weighted by Crippen LogP contribution is -2.47. The van der Waals surface area contributed by atoms with Gasteiger partial charge in [0.2, 0.25) is 5.91 Å². The van der Waals surface area contributed by atoms with E-state index in [1.165, 1.54) is 0 Å². The Bertz CT molecular complexity index is 332. The topological polar surface area (TPSA) is 78.9 Å². The fraction of sp³-hybridized carbons (Fsp3) is 0.857. The van der Waals surface area contributed by atoms with Crippen molar-refractivity contribution >= 4 is 11.7 Å². The van der Waals surface area contributed by atoms with Crippen LogP contribution >= 0.6 is 0 Å². The molecule has 1 heterocycles. The number of amides is 1. The fourth-order valence-electron chi connectivity index (χ4n) is 2.80. The monoisotopic (exact) mass is 269 g/mol. The maximum atomic E-state index is 12.5. The minimum atomic E-state index is -0.513. The predicted octanol–water partition coefficient (Wildman–Crippen LogP) is 1.90. The van der Waals surface area contributed by atoms with E-state index in [9.17, 15) is 4.79 Å². The maximum absolute atomic E-state index is 12.5. The average molecular weight is 269 g/mol. The number of hydrogen-bond donors (Lipinski definition) is 2. The summed E-state index contributed by atoms with van der Waals surface area (Å²) in [6.45, 7) is 9.86. The van der Waals surface area contributed by atoms with Gasteiger partial charge in [-0.25, -0.2) is 0 Å². The van der Waals surface area contributed by atoms with Crippen LogP contribution in [0.15, 0.2) is 5.16 Å². The van der Waals surface area contributed by atoms with Gasteiger partial charge in [0.25, 0.3) is 0 Å². The average Bonchev–Trinajstić information content (AvgIpc) is 2.38. The van der Waals surface area contributed by atoms with Gasteiger partial charge in [-0.1, -0.05) is 32.9 Å². The first-order valence-corrected chi connectivity index (χ1v) is 7.14. The van der Waals surface area contributed by atoms with E-state index in [4.69, 9.17) is 10.9 Å². The van der Waals surface area contributed by atoms with Crippen molar-refractivity contribution in [2.24, 2.45) is 34.6 Å². The third-order valence-electron chi connectivity index (χ3n) is 4.16. The second kappa shape index (κ2) is 6.78. The first-order valence-electron chi connectivity index (χ1n) is 7.14. The Hall–Kier alpha value is -1.26. The molecule has 0 aromatic heterocycles. The molecule has 110 valence electrons. The van der Waals surface area contributed by atoms with E-state index < -0.39 is 5.92 Å². The van der Waals surface area contributed by atoms with E-state index in [1.807, 2.05) is 18.7 Å². The molecule has 1 saturated heterocycles. The molecular formula is C14H27N3O2. The number of hydrogen-bond acceptors (Lipinski definition) is 3. The van der Waals surface area contributed by atoms with E-state index >= 15 is 0 Å². The van der Waals surface area contributed by atoms with Crippen LogP contribution in [0.25, 0.3) is 0 Å². The van der Waals surface area contributed by atoms with E-state index in [-0.39, 0.29) is 17.7 Å². The molecule has 0 aliphatic carbocycles. The Morgan fingerprint density at radius 2 is 1.79 bits per heavy atom. The minimum Gasteiger partial charge on any atom is -0.409 e. The summed E-state index contributed by atoms with van der Waals surface area (Å²) in [6.07, 6.45) is 2.09. The number of carbonyl (C=O) groups excluding carboxylic acids is 1. The van der Waals surface area contributed by atoms with E-state index in [0.29, 0.717) is 11.8 Å². The van der Waals surface area contributed by atoms with Gasteiger partial charge < -0.3 is 15.8 Å². The molecule has 1 atom stereocenters. The zero-order valence-corrected chi connectivity index (χ0v) is 12.5. The summed E-state index contributed by atoms with van der Waals surface area (Å²) in [5.41, 5.74) is 5.65. The second-order valence-electron chi connectivity index (χ2n) is 6.15. The van der Waals surface area contributed by atoms with E-state index in [0.717, 1.165) is 25.9 Å². The first kappa shape index (κ1) is 15.8. The standard InChI is InChI=1S/C14H27N3O2/c1-9(2)11-5-7-17(8-6-11)14(18)12(10(3)4)13(15)16-19/h9-12,19H,5-8H2,1-4H3,(H2,15,16). The van der Waals surface area contributed by atoms with Crippen LogP contribution in [0.5, 0.6) is 0 Å². The van der Waals surface area contributed by atoms with Gasteiger partial charge in [-0.05, 0) is 30.6 Å². The maximum Gasteiger partial charge on any atom is 0.233 e. The molecule has 3 N–H and O–H groups in total. The van der Waals surface area contributed by atoms with Gasteiger partial charge in [0.1, 0.15) is 5.92 Å². The number of carbonyl (C=O) groups is 1. The molecule has 5 heteroatoms. The predicted molar refractivity (Wildman–Crippen MR) is 75.9 cm³/mol. The van der Waals surface area contributed by atoms with Gasteiger partial charge in [-0.15, -0.1) is 0 Å². The van der Waals surface area contributed by atoms with Crippen LogP contribution in [0.1, 0.15) is 40.5 Å². The fourth-order valence-corrected chi connectivity index (χ4v) is 2.80. The molecule has 1 unspecified atom stereocenters. The van der Waals surface area contributed by atoms with Crippen LogP contribution < -0.4 is 5.73 Å². The van der Waals surface area contributed by atoms with Crippen LogP contribution in [-0.4, -0.2) is 34.9 Å². The number of oxime groups is 1. The molecule has 0 aromatic carbocycles. The zero-order chi connectivity index (χ0) is 14.6. The summed E-state index contributed by atoms with van der Waals surface area (Å²) >= 11 is 0. The van der Waals surface area contributed by atoms with Crippen LogP contribution in [0.4, 0.5) is 0 Å². The van der Waals surface area contributed by atoms with Crippen molar-refractivity contribution in [3.8, 4) is 0 Å². The van der Waals surface area contributed by atoms with Crippen molar-refractivity contribution in [1.29, 1.82) is 0 Å². The van der Waals surface area contributed by atoms with Crippen molar-refractivity contribution in [2.45, 2.75) is 40.5 Å². The molecular weight excluding hydrogens is 242 g/mol. The Kier molecular flexibility index (Phi) is 5.63. The van der Waals surface area contributed by atoms with E-state index in [2.05, 4.69) is 19.0 Å². The summed E-state index contributed by atoms with van der Waals surface area (Å²) in [5, 5.41) is 11.8. The normalized spacial score (nSPS) is 20.1. The molecule has 0 radical (unpaired) electrons.